The summed E-state index contributed by atoms with van der Waals surface area (Å²) in [4.78, 5) is 30.6. The standard InChI is InChI=1S/C23H25BrClN3O5/c1-27-21-20(17(18(24)13-26-21)14-33-16-8-6-15(25)7-9-16)22(29)28(23(27)30)10-4-12-32-19-5-2-3-11-31-19/h6-9,13,19H,2-5,10-12,14H2,1H3. The van der Waals surface area contributed by atoms with E-state index >= 15 is 0 Å². The first kappa shape index (κ1) is 23.9. The summed E-state index contributed by atoms with van der Waals surface area (Å²) in [7, 11) is 1.61. The summed E-state index contributed by atoms with van der Waals surface area (Å²) >= 11 is 9.41. The van der Waals surface area contributed by atoms with Gasteiger partial charge in [0.05, 0.1) is 12.0 Å². The molecule has 1 unspecified atom stereocenters. The Kier molecular flexibility index (Phi) is 7.85. The predicted octanol–water partition coefficient (Wildman–Crippen LogP) is 4.02. The van der Waals surface area contributed by atoms with Crippen molar-refractivity contribution >= 4 is 38.6 Å². The highest BCUT2D eigenvalue weighted by molar-refractivity contribution is 9.10. The molecule has 1 saturated heterocycles. The second-order valence-corrected chi connectivity index (χ2v) is 9.14. The average Bonchev–Trinajstić information content (AvgIpc) is 2.83. The van der Waals surface area contributed by atoms with Crippen molar-refractivity contribution in [1.82, 2.24) is 14.1 Å². The summed E-state index contributed by atoms with van der Waals surface area (Å²) in [5, 5.41) is 0.951. The van der Waals surface area contributed by atoms with Crippen LogP contribution in [0.25, 0.3) is 11.0 Å². The molecule has 176 valence electrons. The van der Waals surface area contributed by atoms with Crippen LogP contribution in [0.4, 0.5) is 0 Å². The van der Waals surface area contributed by atoms with E-state index in [1.807, 2.05) is 0 Å². The summed E-state index contributed by atoms with van der Waals surface area (Å²) < 4.78 is 20.4. The summed E-state index contributed by atoms with van der Waals surface area (Å²) in [5.74, 6) is 0.614. The molecule has 3 aromatic rings. The number of fused-ring (bicyclic) bond motifs is 1. The highest BCUT2D eigenvalue weighted by atomic mass is 79.9. The summed E-state index contributed by atoms with van der Waals surface area (Å²) in [6, 6.07) is 6.97. The van der Waals surface area contributed by atoms with Gasteiger partial charge in [0.25, 0.3) is 5.56 Å². The lowest BCUT2D eigenvalue weighted by Crippen LogP contribution is -2.40. The van der Waals surface area contributed by atoms with Crippen molar-refractivity contribution in [3.8, 4) is 5.75 Å². The minimum Gasteiger partial charge on any atom is -0.489 e. The van der Waals surface area contributed by atoms with Gasteiger partial charge in [0, 0.05) is 41.5 Å². The highest BCUT2D eigenvalue weighted by Gasteiger charge is 2.19. The number of nitrogens with zero attached hydrogens (tertiary/aromatic N) is 3. The molecule has 0 bridgehead atoms. The monoisotopic (exact) mass is 537 g/mol. The zero-order chi connectivity index (χ0) is 23.4. The summed E-state index contributed by atoms with van der Waals surface area (Å²) in [6.45, 7) is 1.47. The number of ether oxygens (including phenoxy) is 3. The minimum atomic E-state index is -0.416. The van der Waals surface area contributed by atoms with Crippen LogP contribution in [-0.2, 0) is 29.7 Å². The molecule has 1 fully saturated rings. The van der Waals surface area contributed by atoms with Crippen molar-refractivity contribution in [2.75, 3.05) is 13.2 Å². The van der Waals surface area contributed by atoms with Crippen LogP contribution in [0.2, 0.25) is 5.02 Å². The largest absolute Gasteiger partial charge is 0.489 e. The third-order valence-corrected chi connectivity index (χ3v) is 6.51. The quantitative estimate of drug-likeness (QED) is 0.403. The number of pyridine rings is 1. The average molecular weight is 539 g/mol. The Labute approximate surface area is 204 Å². The minimum absolute atomic E-state index is 0.122. The molecule has 0 aliphatic carbocycles. The van der Waals surface area contributed by atoms with Crippen molar-refractivity contribution in [2.45, 2.75) is 45.1 Å². The van der Waals surface area contributed by atoms with Crippen LogP contribution in [-0.4, -0.2) is 33.6 Å². The molecular formula is C23H25BrClN3O5. The molecule has 10 heteroatoms. The molecule has 0 spiro atoms. The maximum absolute atomic E-state index is 13.4. The van der Waals surface area contributed by atoms with Gasteiger partial charge >= 0.3 is 5.69 Å². The van der Waals surface area contributed by atoms with Crippen LogP contribution < -0.4 is 16.0 Å². The molecule has 1 aliphatic heterocycles. The number of aryl methyl sites for hydroxylation is 1. The summed E-state index contributed by atoms with van der Waals surface area (Å²) in [6.07, 6.45) is 4.89. The molecule has 4 rings (SSSR count). The zero-order valence-corrected chi connectivity index (χ0v) is 20.6. The maximum Gasteiger partial charge on any atom is 0.332 e. The fourth-order valence-electron chi connectivity index (χ4n) is 3.79. The van der Waals surface area contributed by atoms with Crippen LogP contribution >= 0.6 is 27.5 Å². The van der Waals surface area contributed by atoms with Gasteiger partial charge in [-0.15, -0.1) is 0 Å². The van der Waals surface area contributed by atoms with Gasteiger partial charge in [0.2, 0.25) is 0 Å². The Balaban J connectivity index is 1.58. The molecule has 8 nitrogen and oxygen atoms in total. The van der Waals surface area contributed by atoms with Crippen LogP contribution in [0, 0.1) is 0 Å². The Morgan fingerprint density at radius 3 is 2.76 bits per heavy atom. The second-order valence-electron chi connectivity index (χ2n) is 7.84. The predicted molar refractivity (Wildman–Crippen MR) is 129 cm³/mol. The number of hydrogen-bond donors (Lipinski definition) is 0. The fourth-order valence-corrected chi connectivity index (χ4v) is 4.33. The number of benzene rings is 1. The lowest BCUT2D eigenvalue weighted by molar-refractivity contribution is -0.163. The van der Waals surface area contributed by atoms with Gasteiger partial charge in [-0.25, -0.2) is 9.78 Å². The van der Waals surface area contributed by atoms with Gasteiger partial charge in [0.15, 0.2) is 6.29 Å². The third-order valence-electron chi connectivity index (χ3n) is 5.57. The van der Waals surface area contributed by atoms with Crippen LogP contribution in [0.15, 0.2) is 44.5 Å². The van der Waals surface area contributed by atoms with Gasteiger partial charge in [0.1, 0.15) is 18.0 Å². The fraction of sp³-hybridized carbons (Fsp3) is 0.435. The number of aromatic nitrogens is 3. The molecule has 2 aromatic heterocycles. The lowest BCUT2D eigenvalue weighted by Gasteiger charge is -2.22. The Hall–Kier alpha value is -2.20. The van der Waals surface area contributed by atoms with Gasteiger partial charge in [-0.2, -0.15) is 0 Å². The first-order valence-electron chi connectivity index (χ1n) is 10.8. The van der Waals surface area contributed by atoms with Gasteiger partial charge in [-0.05, 0) is 65.9 Å². The van der Waals surface area contributed by atoms with E-state index in [1.165, 1.54) is 9.13 Å². The number of hydrogen-bond acceptors (Lipinski definition) is 6. The SMILES string of the molecule is Cn1c(=O)n(CCCOC2CCCCO2)c(=O)c2c(COc3ccc(Cl)cc3)c(Br)cnc21. The van der Waals surface area contributed by atoms with E-state index in [0.29, 0.717) is 51.5 Å². The molecule has 1 aliphatic rings. The zero-order valence-electron chi connectivity index (χ0n) is 18.3. The lowest BCUT2D eigenvalue weighted by atomic mass is 10.2. The van der Waals surface area contributed by atoms with Crippen molar-refractivity contribution in [2.24, 2.45) is 7.05 Å². The third kappa shape index (κ3) is 5.48. The number of rotatable bonds is 8. The molecule has 1 aromatic carbocycles. The molecule has 0 amide bonds. The van der Waals surface area contributed by atoms with E-state index < -0.39 is 11.2 Å². The van der Waals surface area contributed by atoms with Crippen LogP contribution in [0.5, 0.6) is 5.75 Å². The molecule has 0 saturated carbocycles. The first-order chi connectivity index (χ1) is 16.0. The molecule has 3 heterocycles. The van der Waals surface area contributed by atoms with Crippen molar-refractivity contribution in [3.63, 3.8) is 0 Å². The molecule has 0 N–H and O–H groups in total. The molecule has 33 heavy (non-hydrogen) atoms. The molecular weight excluding hydrogens is 514 g/mol. The smallest absolute Gasteiger partial charge is 0.332 e. The van der Waals surface area contributed by atoms with E-state index in [0.717, 1.165) is 19.3 Å². The second kappa shape index (κ2) is 10.8. The van der Waals surface area contributed by atoms with E-state index in [4.69, 9.17) is 25.8 Å². The van der Waals surface area contributed by atoms with Crippen molar-refractivity contribution in [1.29, 1.82) is 0 Å². The van der Waals surface area contributed by atoms with Gasteiger partial charge < -0.3 is 14.2 Å². The highest BCUT2D eigenvalue weighted by Crippen LogP contribution is 2.24. The topological polar surface area (TPSA) is 84.6 Å². The summed E-state index contributed by atoms with van der Waals surface area (Å²) in [5.41, 5.74) is 0.119. The Bertz CT molecular complexity index is 1240. The molecule has 1 atom stereocenters. The molecule has 0 radical (unpaired) electrons. The normalized spacial score (nSPS) is 16.3. The Morgan fingerprint density at radius 2 is 2.03 bits per heavy atom. The van der Waals surface area contributed by atoms with Gasteiger partial charge in [-0.1, -0.05) is 11.6 Å². The number of halogens is 2. The van der Waals surface area contributed by atoms with Gasteiger partial charge in [-0.3, -0.25) is 13.9 Å². The first-order valence-corrected chi connectivity index (χ1v) is 12.0. The Morgan fingerprint density at radius 1 is 1.24 bits per heavy atom. The van der Waals surface area contributed by atoms with Crippen LogP contribution in [0.1, 0.15) is 31.2 Å². The maximum atomic E-state index is 13.4. The van der Waals surface area contributed by atoms with Crippen molar-refractivity contribution < 1.29 is 14.2 Å². The van der Waals surface area contributed by atoms with Crippen molar-refractivity contribution in [3.05, 3.63) is 66.4 Å². The van der Waals surface area contributed by atoms with E-state index in [-0.39, 0.29) is 19.4 Å². The van der Waals surface area contributed by atoms with E-state index in [2.05, 4.69) is 20.9 Å². The van der Waals surface area contributed by atoms with E-state index in [9.17, 15) is 9.59 Å². The van der Waals surface area contributed by atoms with Crippen LogP contribution in [0.3, 0.4) is 0 Å². The van der Waals surface area contributed by atoms with E-state index in [1.54, 1.807) is 37.5 Å².